The minimum absolute atomic E-state index is 0. The van der Waals surface area contributed by atoms with Crippen LogP contribution in [0.15, 0.2) is 45.6 Å². The van der Waals surface area contributed by atoms with Crippen molar-refractivity contribution in [2.24, 2.45) is 5.92 Å². The molecule has 29 heavy (non-hydrogen) atoms. The first-order valence-electron chi connectivity index (χ1n) is 9.02. The molecule has 3 N–H and O–H groups in total. The van der Waals surface area contributed by atoms with Crippen LogP contribution in [0.3, 0.4) is 0 Å². The van der Waals surface area contributed by atoms with Crippen molar-refractivity contribution >= 4 is 34.8 Å². The third kappa shape index (κ3) is 3.27. The molecule has 2 aliphatic rings. The molecule has 1 saturated carbocycles. The number of anilines is 1. The highest BCUT2D eigenvalue weighted by Gasteiger charge is 2.38. The molecule has 150 valence electrons. The Bertz CT molecular complexity index is 1190. The number of benzene rings is 2. The van der Waals surface area contributed by atoms with Crippen molar-refractivity contribution < 1.29 is 19.0 Å². The number of ether oxygens (including phenoxy) is 2. The van der Waals surface area contributed by atoms with Crippen LogP contribution < -0.4 is 20.2 Å². The van der Waals surface area contributed by atoms with Crippen LogP contribution in [-0.4, -0.2) is 23.7 Å². The summed E-state index contributed by atoms with van der Waals surface area (Å²) in [5, 5.41) is 21.8. The zero-order valence-corrected chi connectivity index (χ0v) is 16.3. The first-order valence-corrected chi connectivity index (χ1v) is 9.02. The molecule has 1 aromatic heterocycles. The quantitative estimate of drug-likeness (QED) is 0.554. The van der Waals surface area contributed by atoms with Crippen LogP contribution in [0.5, 0.6) is 17.2 Å². The van der Waals surface area contributed by atoms with E-state index in [9.17, 15) is 9.90 Å². The predicted octanol–water partition coefficient (Wildman–Crippen LogP) is 4.16. The Morgan fingerprint density at radius 2 is 1.97 bits per heavy atom. The van der Waals surface area contributed by atoms with Gasteiger partial charge in [-0.25, -0.2) is 0 Å². The lowest BCUT2D eigenvalue weighted by Crippen LogP contribution is -2.09. The lowest BCUT2D eigenvalue weighted by atomic mass is 10.1. The van der Waals surface area contributed by atoms with E-state index in [1.165, 1.54) is 0 Å². The number of hydrogen-bond acceptors (Lipinski definition) is 7. The van der Waals surface area contributed by atoms with E-state index in [1.807, 2.05) is 6.07 Å². The van der Waals surface area contributed by atoms with E-state index in [2.05, 4.69) is 5.32 Å². The number of rotatable bonds is 4. The Kier molecular flexibility index (Phi) is 4.62. The van der Waals surface area contributed by atoms with Crippen molar-refractivity contribution in [3.05, 3.63) is 46.6 Å². The zero-order valence-electron chi connectivity index (χ0n) is 15.5. The lowest BCUT2D eigenvalue weighted by molar-refractivity contribution is 0.174. The fourth-order valence-corrected chi connectivity index (χ4v) is 3.56. The van der Waals surface area contributed by atoms with E-state index in [-0.39, 0.29) is 36.9 Å². The summed E-state index contributed by atoms with van der Waals surface area (Å²) in [7, 11) is 0. The summed E-state index contributed by atoms with van der Waals surface area (Å²) in [5.41, 5.74) is 1.85. The molecule has 2 heterocycles. The number of nitrogens with one attached hydrogen (secondary N) is 2. The van der Waals surface area contributed by atoms with Gasteiger partial charge in [-0.3, -0.25) is 4.79 Å². The van der Waals surface area contributed by atoms with E-state index in [4.69, 9.17) is 19.3 Å². The molecule has 2 atom stereocenters. The highest BCUT2D eigenvalue weighted by molar-refractivity contribution is 5.87. The summed E-state index contributed by atoms with van der Waals surface area (Å²) in [6.45, 7) is 1.94. The lowest BCUT2D eigenvalue weighted by Gasteiger charge is -2.09. The maximum atomic E-state index is 12.8. The van der Waals surface area contributed by atoms with Crippen LogP contribution >= 0.6 is 12.4 Å². The Labute approximate surface area is 172 Å². The number of hydrogen-bond donors (Lipinski definition) is 3. The maximum absolute atomic E-state index is 12.8. The molecule has 2 aromatic carbocycles. The Balaban J connectivity index is 0.00000205. The van der Waals surface area contributed by atoms with Crippen molar-refractivity contribution in [3.8, 4) is 28.6 Å². The van der Waals surface area contributed by atoms with Crippen molar-refractivity contribution in [2.45, 2.75) is 19.4 Å². The molecule has 0 saturated heterocycles. The summed E-state index contributed by atoms with van der Waals surface area (Å²) in [6.07, 6.45) is 0.913. The molecule has 7 nitrogen and oxygen atoms in total. The topological polar surface area (TPSA) is 105 Å². The third-order valence-corrected chi connectivity index (χ3v) is 5.20. The first kappa shape index (κ1) is 19.1. The van der Waals surface area contributed by atoms with Crippen molar-refractivity contribution in [1.29, 1.82) is 5.41 Å². The van der Waals surface area contributed by atoms with Gasteiger partial charge in [0.15, 0.2) is 17.3 Å². The van der Waals surface area contributed by atoms with E-state index < -0.39 is 11.2 Å². The molecular weight excluding hydrogens is 396 g/mol. The molecule has 8 heteroatoms. The van der Waals surface area contributed by atoms with Gasteiger partial charge >= 0.3 is 0 Å². The van der Waals surface area contributed by atoms with Crippen LogP contribution in [0.1, 0.15) is 13.3 Å². The molecule has 0 bridgehead atoms. The summed E-state index contributed by atoms with van der Waals surface area (Å²) < 4.78 is 16.5. The molecule has 3 aromatic rings. The molecular formula is C21H19ClN2O5. The SMILES string of the molecule is CC(=N)C1CC1Nc1ccc2oc(-c3ccc4c(c3)OCO4)c(O)c(=O)c2c1.Cl. The molecule has 1 aliphatic heterocycles. The van der Waals surface area contributed by atoms with Gasteiger partial charge in [-0.2, -0.15) is 0 Å². The number of aromatic hydroxyl groups is 1. The molecule has 0 amide bonds. The zero-order chi connectivity index (χ0) is 19.4. The standard InChI is InChI=1S/C21H18N2O5.ClH/c1-10(22)13-8-15(13)23-12-3-5-16-14(7-12)19(24)20(25)21(28-16)11-2-4-17-18(6-11)27-9-26-17;/h2-7,13,15,22-23,25H,8-9H2,1H3;1H. The molecule has 5 rings (SSSR count). The maximum Gasteiger partial charge on any atom is 0.235 e. The average molecular weight is 415 g/mol. The molecule has 0 spiro atoms. The molecule has 2 unspecified atom stereocenters. The molecule has 1 fully saturated rings. The van der Waals surface area contributed by atoms with Gasteiger partial charge in [0, 0.05) is 28.9 Å². The first-order chi connectivity index (χ1) is 13.5. The molecule has 1 aliphatic carbocycles. The average Bonchev–Trinajstić information content (AvgIpc) is 3.30. The van der Waals surface area contributed by atoms with Gasteiger partial charge in [0.1, 0.15) is 5.58 Å². The Hall–Kier alpha value is -3.19. The van der Waals surface area contributed by atoms with E-state index in [0.29, 0.717) is 33.7 Å². The van der Waals surface area contributed by atoms with Gasteiger partial charge < -0.3 is 29.7 Å². The third-order valence-electron chi connectivity index (χ3n) is 5.20. The van der Waals surface area contributed by atoms with Gasteiger partial charge in [0.25, 0.3) is 0 Å². The van der Waals surface area contributed by atoms with Crippen LogP contribution in [0.4, 0.5) is 5.69 Å². The second-order valence-electron chi connectivity index (χ2n) is 7.16. The monoisotopic (exact) mass is 414 g/mol. The largest absolute Gasteiger partial charge is 0.502 e. The fraction of sp³-hybridized carbons (Fsp3) is 0.238. The van der Waals surface area contributed by atoms with Gasteiger partial charge in [-0.15, -0.1) is 12.4 Å². The normalized spacial score (nSPS) is 18.9. The highest BCUT2D eigenvalue weighted by Crippen LogP contribution is 2.39. The van der Waals surface area contributed by atoms with Crippen molar-refractivity contribution in [2.75, 3.05) is 12.1 Å². The van der Waals surface area contributed by atoms with Gasteiger partial charge in [0.2, 0.25) is 18.0 Å². The van der Waals surface area contributed by atoms with Crippen LogP contribution in [0, 0.1) is 11.3 Å². The van der Waals surface area contributed by atoms with E-state index >= 15 is 0 Å². The van der Waals surface area contributed by atoms with Gasteiger partial charge in [-0.1, -0.05) is 0 Å². The molecule has 0 radical (unpaired) electrons. The van der Waals surface area contributed by atoms with Crippen molar-refractivity contribution in [1.82, 2.24) is 0 Å². The smallest absolute Gasteiger partial charge is 0.235 e. The minimum atomic E-state index is -0.492. The minimum Gasteiger partial charge on any atom is -0.502 e. The summed E-state index contributed by atoms with van der Waals surface area (Å²) in [4.78, 5) is 12.8. The summed E-state index contributed by atoms with van der Waals surface area (Å²) >= 11 is 0. The Morgan fingerprint density at radius 1 is 1.17 bits per heavy atom. The number of fused-ring (bicyclic) bond motifs is 2. The van der Waals surface area contributed by atoms with E-state index in [1.54, 1.807) is 37.3 Å². The van der Waals surface area contributed by atoms with Crippen LogP contribution in [-0.2, 0) is 0 Å². The second-order valence-corrected chi connectivity index (χ2v) is 7.16. The fourth-order valence-electron chi connectivity index (χ4n) is 3.56. The van der Waals surface area contributed by atoms with Gasteiger partial charge in [-0.05, 0) is 49.7 Å². The van der Waals surface area contributed by atoms with Gasteiger partial charge in [0.05, 0.1) is 5.39 Å². The summed E-state index contributed by atoms with van der Waals surface area (Å²) in [5.74, 6) is 1.05. The Morgan fingerprint density at radius 3 is 2.72 bits per heavy atom. The van der Waals surface area contributed by atoms with E-state index in [0.717, 1.165) is 12.1 Å². The van der Waals surface area contributed by atoms with Crippen LogP contribution in [0.25, 0.3) is 22.3 Å². The summed E-state index contributed by atoms with van der Waals surface area (Å²) in [6, 6.07) is 10.5. The van der Waals surface area contributed by atoms with Crippen molar-refractivity contribution in [3.63, 3.8) is 0 Å². The predicted molar refractivity (Wildman–Crippen MR) is 112 cm³/mol. The second kappa shape index (κ2) is 7.00. The number of halogens is 1. The van der Waals surface area contributed by atoms with Crippen LogP contribution in [0.2, 0.25) is 0 Å². The highest BCUT2D eigenvalue weighted by atomic mass is 35.5.